The van der Waals surface area contributed by atoms with Crippen LogP contribution in [0.1, 0.15) is 31.1 Å². The summed E-state index contributed by atoms with van der Waals surface area (Å²) in [6.45, 7) is -0.598. The molecule has 1 heterocycles. The third kappa shape index (κ3) is 5.77. The molecule has 1 aliphatic heterocycles. The largest absolute Gasteiger partial charge is 0.452 e. The number of benzene rings is 3. The number of aliphatic hydroxyl groups is 1. The summed E-state index contributed by atoms with van der Waals surface area (Å²) in [6, 6.07) is 24.4. The van der Waals surface area contributed by atoms with E-state index in [1.807, 2.05) is 0 Å². The van der Waals surface area contributed by atoms with Gasteiger partial charge in [-0.15, -0.1) is 0 Å². The lowest BCUT2D eigenvalue weighted by Gasteiger charge is -2.43. The zero-order chi connectivity index (χ0) is 25.5. The van der Waals surface area contributed by atoms with Gasteiger partial charge in [0.15, 0.2) is 18.3 Å². The van der Waals surface area contributed by atoms with E-state index in [9.17, 15) is 19.5 Å². The minimum atomic E-state index is -1.38. The molecule has 0 radical (unpaired) electrons. The van der Waals surface area contributed by atoms with E-state index in [1.54, 1.807) is 91.0 Å². The monoisotopic (exact) mass is 491 g/mol. The van der Waals surface area contributed by atoms with Crippen molar-refractivity contribution in [2.75, 3.05) is 6.61 Å². The van der Waals surface area contributed by atoms with Gasteiger partial charge in [0.05, 0.1) is 23.3 Å². The summed E-state index contributed by atoms with van der Waals surface area (Å²) < 4.78 is 22.6. The van der Waals surface area contributed by atoms with Crippen molar-refractivity contribution in [3.8, 4) is 0 Å². The molecule has 1 aliphatic rings. The molecule has 4 rings (SSSR count). The first-order valence-electron chi connectivity index (χ1n) is 11.3. The van der Waals surface area contributed by atoms with Gasteiger partial charge in [-0.05, 0) is 36.4 Å². The van der Waals surface area contributed by atoms with Crippen LogP contribution in [-0.4, -0.2) is 60.3 Å². The molecule has 3 N–H and O–H groups in total. The molecule has 0 aliphatic carbocycles. The lowest BCUT2D eigenvalue weighted by molar-refractivity contribution is -0.227. The quantitative estimate of drug-likeness (QED) is 0.377. The number of aliphatic hydroxyl groups excluding tert-OH is 1. The van der Waals surface area contributed by atoms with E-state index < -0.39 is 55.2 Å². The van der Waals surface area contributed by atoms with E-state index in [-0.39, 0.29) is 16.7 Å². The maximum atomic E-state index is 13.0. The maximum Gasteiger partial charge on any atom is 0.338 e. The second kappa shape index (κ2) is 11.6. The molecule has 186 valence electrons. The summed E-state index contributed by atoms with van der Waals surface area (Å²) in [5.74, 6) is -2.24. The summed E-state index contributed by atoms with van der Waals surface area (Å²) in [4.78, 5) is 38.7. The van der Waals surface area contributed by atoms with E-state index in [0.717, 1.165) is 0 Å². The lowest BCUT2D eigenvalue weighted by atomic mass is 9.97. The highest BCUT2D eigenvalue weighted by Gasteiger charge is 2.51. The minimum absolute atomic E-state index is 0.222. The highest BCUT2D eigenvalue weighted by atomic mass is 16.7. The van der Waals surface area contributed by atoms with Crippen LogP contribution in [0.15, 0.2) is 91.0 Å². The van der Waals surface area contributed by atoms with Crippen molar-refractivity contribution in [2.45, 2.75) is 30.6 Å². The van der Waals surface area contributed by atoms with Crippen molar-refractivity contribution in [2.24, 2.45) is 5.73 Å². The number of carbonyl (C=O) groups excluding carboxylic acids is 3. The van der Waals surface area contributed by atoms with Crippen molar-refractivity contribution in [3.05, 3.63) is 108 Å². The maximum absolute atomic E-state index is 13.0. The molecule has 36 heavy (non-hydrogen) atoms. The molecular formula is C27H25NO8. The molecule has 1 saturated heterocycles. The van der Waals surface area contributed by atoms with Gasteiger partial charge in [-0.25, -0.2) is 14.4 Å². The van der Waals surface area contributed by atoms with Crippen LogP contribution in [0, 0.1) is 0 Å². The molecular weight excluding hydrogens is 466 g/mol. The zero-order valence-corrected chi connectivity index (χ0v) is 19.1. The molecule has 3 aromatic rings. The van der Waals surface area contributed by atoms with Crippen LogP contribution in [0.3, 0.4) is 0 Å². The number of hydrogen-bond donors (Lipinski definition) is 2. The van der Waals surface area contributed by atoms with E-state index in [4.69, 9.17) is 24.7 Å². The van der Waals surface area contributed by atoms with E-state index in [2.05, 4.69) is 0 Å². The summed E-state index contributed by atoms with van der Waals surface area (Å²) in [5, 5.41) is 9.96. The highest BCUT2D eigenvalue weighted by molar-refractivity contribution is 5.91. The minimum Gasteiger partial charge on any atom is -0.452 e. The fraction of sp³-hybridized carbons (Fsp3) is 0.222. The number of rotatable bonds is 7. The first-order valence-corrected chi connectivity index (χ1v) is 11.3. The number of nitrogens with two attached hydrogens (primary N) is 1. The lowest BCUT2D eigenvalue weighted by Crippen LogP contribution is -2.64. The van der Waals surface area contributed by atoms with E-state index in [1.165, 1.54) is 0 Å². The van der Waals surface area contributed by atoms with Gasteiger partial charge in [0.1, 0.15) is 12.3 Å². The van der Waals surface area contributed by atoms with Crippen molar-refractivity contribution < 1.29 is 38.4 Å². The first kappa shape index (κ1) is 25.1. The Morgan fingerprint density at radius 1 is 0.639 bits per heavy atom. The summed E-state index contributed by atoms with van der Waals surface area (Å²) in [5.41, 5.74) is 6.83. The van der Waals surface area contributed by atoms with Crippen molar-refractivity contribution >= 4 is 17.9 Å². The Morgan fingerprint density at radius 3 is 1.39 bits per heavy atom. The fourth-order valence-corrected chi connectivity index (χ4v) is 3.80. The van der Waals surface area contributed by atoms with Gasteiger partial charge < -0.3 is 29.8 Å². The third-order valence-electron chi connectivity index (χ3n) is 5.61. The Bertz CT molecular complexity index is 1170. The average molecular weight is 491 g/mol. The summed E-state index contributed by atoms with van der Waals surface area (Å²) in [6.07, 6.45) is -6.48. The molecule has 0 amide bonds. The SMILES string of the molecule is N[C@@H]1O[C@H](CO)[C@@H](OC(=O)c2ccccc2)[C@H](OC(=O)c2ccccc2)[C@H]1OC(=O)c1ccccc1. The van der Waals surface area contributed by atoms with Crippen LogP contribution in [0.2, 0.25) is 0 Å². The molecule has 3 aromatic carbocycles. The molecule has 0 aromatic heterocycles. The average Bonchev–Trinajstić information content (AvgIpc) is 2.93. The Morgan fingerprint density at radius 2 is 1.00 bits per heavy atom. The van der Waals surface area contributed by atoms with Crippen LogP contribution in [-0.2, 0) is 18.9 Å². The Hall–Kier alpha value is -4.05. The standard InChI is InChI=1S/C27H25NO8/c28-24-23(36-27(32)19-14-8-3-9-15-19)22(35-26(31)18-12-6-2-7-13-18)21(20(16-29)33-24)34-25(30)17-10-4-1-5-11-17/h1-15,20-24,29H,16,28H2/t20-,21-,22+,23-,24-/m1/s1. The fourth-order valence-electron chi connectivity index (χ4n) is 3.80. The van der Waals surface area contributed by atoms with Crippen LogP contribution in [0.5, 0.6) is 0 Å². The van der Waals surface area contributed by atoms with Gasteiger partial charge in [0, 0.05) is 0 Å². The van der Waals surface area contributed by atoms with Gasteiger partial charge >= 0.3 is 17.9 Å². The van der Waals surface area contributed by atoms with Gasteiger partial charge in [-0.3, -0.25) is 0 Å². The normalized spacial score (nSPS) is 23.3. The zero-order valence-electron chi connectivity index (χ0n) is 19.1. The second-order valence-electron chi connectivity index (χ2n) is 8.03. The highest BCUT2D eigenvalue weighted by Crippen LogP contribution is 2.28. The molecule has 0 bridgehead atoms. The Balaban J connectivity index is 1.66. The van der Waals surface area contributed by atoms with Gasteiger partial charge in [0.25, 0.3) is 0 Å². The molecule has 9 nitrogen and oxygen atoms in total. The molecule has 5 atom stereocenters. The van der Waals surface area contributed by atoms with Crippen molar-refractivity contribution in [3.63, 3.8) is 0 Å². The van der Waals surface area contributed by atoms with Crippen molar-refractivity contribution in [1.29, 1.82) is 0 Å². The van der Waals surface area contributed by atoms with Gasteiger partial charge in [-0.1, -0.05) is 54.6 Å². The number of hydrogen-bond acceptors (Lipinski definition) is 9. The van der Waals surface area contributed by atoms with Crippen LogP contribution < -0.4 is 5.73 Å². The Kier molecular flexibility index (Phi) is 8.06. The topological polar surface area (TPSA) is 134 Å². The number of ether oxygens (including phenoxy) is 4. The van der Waals surface area contributed by atoms with Crippen molar-refractivity contribution in [1.82, 2.24) is 0 Å². The Labute approximate surface area is 207 Å². The number of esters is 3. The van der Waals surface area contributed by atoms with Crippen LogP contribution in [0.4, 0.5) is 0 Å². The second-order valence-corrected chi connectivity index (χ2v) is 8.03. The third-order valence-corrected chi connectivity index (χ3v) is 5.61. The first-order chi connectivity index (χ1) is 17.5. The molecule has 0 unspecified atom stereocenters. The summed E-state index contributed by atoms with van der Waals surface area (Å²) in [7, 11) is 0. The number of carbonyl (C=O) groups is 3. The predicted octanol–water partition coefficient (Wildman–Crippen LogP) is 2.34. The molecule has 0 spiro atoms. The molecule has 0 saturated carbocycles. The van der Waals surface area contributed by atoms with E-state index in [0.29, 0.717) is 0 Å². The van der Waals surface area contributed by atoms with Gasteiger partial charge in [-0.2, -0.15) is 0 Å². The van der Waals surface area contributed by atoms with Gasteiger partial charge in [0.2, 0.25) is 0 Å². The molecule has 9 heteroatoms. The molecule has 1 fully saturated rings. The predicted molar refractivity (Wildman–Crippen MR) is 127 cm³/mol. The van der Waals surface area contributed by atoms with E-state index >= 15 is 0 Å². The van der Waals surface area contributed by atoms with Crippen LogP contribution in [0.25, 0.3) is 0 Å². The van der Waals surface area contributed by atoms with Crippen LogP contribution >= 0.6 is 0 Å². The summed E-state index contributed by atoms with van der Waals surface area (Å²) >= 11 is 0. The smallest absolute Gasteiger partial charge is 0.338 e.